The van der Waals surface area contributed by atoms with Crippen molar-refractivity contribution in [2.45, 2.75) is 13.3 Å². The van der Waals surface area contributed by atoms with Gasteiger partial charge in [0.2, 0.25) is 0 Å². The van der Waals surface area contributed by atoms with E-state index in [0.717, 1.165) is 63.2 Å². The Morgan fingerprint density at radius 2 is 1.86 bits per heavy atom. The van der Waals surface area contributed by atoms with Crippen LogP contribution in [0.25, 0.3) is 0 Å². The summed E-state index contributed by atoms with van der Waals surface area (Å²) < 4.78 is 5.21. The van der Waals surface area contributed by atoms with E-state index in [-0.39, 0.29) is 24.0 Å². The van der Waals surface area contributed by atoms with Gasteiger partial charge in [0.15, 0.2) is 5.96 Å². The molecule has 3 rings (SSSR count). The molecule has 1 fully saturated rings. The highest BCUT2D eigenvalue weighted by atomic mass is 127. The number of nitrogens with zero attached hydrogens (tertiary/aromatic N) is 4. The van der Waals surface area contributed by atoms with Crippen molar-refractivity contribution in [2.75, 3.05) is 51.3 Å². The summed E-state index contributed by atoms with van der Waals surface area (Å²) in [4.78, 5) is 14.0. The molecule has 6 nitrogen and oxygen atoms in total. The first-order valence-electron chi connectivity index (χ1n) is 9.62. The monoisotopic (exact) mass is 495 g/mol. The van der Waals surface area contributed by atoms with Crippen LogP contribution in [0.4, 0.5) is 5.82 Å². The number of aliphatic imine (C=N–C) groups is 1. The maximum Gasteiger partial charge on any atom is 0.194 e. The van der Waals surface area contributed by atoms with Gasteiger partial charge in [-0.2, -0.15) is 0 Å². The molecular weight excluding hydrogens is 465 g/mol. The zero-order valence-corrected chi connectivity index (χ0v) is 19.0. The van der Waals surface area contributed by atoms with Gasteiger partial charge in [0, 0.05) is 45.5 Å². The Kier molecular flexibility index (Phi) is 9.33. The number of guanidine groups is 1. The van der Waals surface area contributed by atoms with E-state index >= 15 is 0 Å². The van der Waals surface area contributed by atoms with Gasteiger partial charge in [-0.3, -0.25) is 4.99 Å². The summed E-state index contributed by atoms with van der Waals surface area (Å²) in [5, 5.41) is 3.43. The van der Waals surface area contributed by atoms with Crippen molar-refractivity contribution in [3.05, 3.63) is 54.2 Å². The molecule has 1 aliphatic rings. The highest BCUT2D eigenvalue weighted by Crippen LogP contribution is 2.13. The highest BCUT2D eigenvalue weighted by molar-refractivity contribution is 14.0. The second kappa shape index (κ2) is 11.7. The number of anilines is 1. The topological polar surface area (TPSA) is 53.0 Å². The Labute approximate surface area is 185 Å². The third-order valence-corrected chi connectivity index (χ3v) is 4.71. The molecule has 1 saturated heterocycles. The average Bonchev–Trinajstić information content (AvgIpc) is 2.74. The van der Waals surface area contributed by atoms with Crippen LogP contribution in [-0.4, -0.2) is 62.2 Å². The summed E-state index contributed by atoms with van der Waals surface area (Å²) >= 11 is 0. The van der Waals surface area contributed by atoms with Crippen molar-refractivity contribution in [3.63, 3.8) is 0 Å². The second-order valence-corrected chi connectivity index (χ2v) is 6.50. The number of halogens is 1. The first-order valence-corrected chi connectivity index (χ1v) is 9.62. The van der Waals surface area contributed by atoms with Gasteiger partial charge < -0.3 is 19.9 Å². The van der Waals surface area contributed by atoms with Crippen LogP contribution in [0.3, 0.4) is 0 Å². The molecule has 1 aliphatic heterocycles. The van der Waals surface area contributed by atoms with Crippen molar-refractivity contribution >= 4 is 35.8 Å². The number of hydrogen-bond acceptors (Lipinski definition) is 4. The van der Waals surface area contributed by atoms with Gasteiger partial charge >= 0.3 is 0 Å². The fourth-order valence-electron chi connectivity index (χ4n) is 3.20. The number of nitrogens with one attached hydrogen (secondary N) is 1. The van der Waals surface area contributed by atoms with E-state index < -0.39 is 0 Å². The van der Waals surface area contributed by atoms with Crippen LogP contribution in [0.1, 0.15) is 12.5 Å². The molecule has 0 bridgehead atoms. The lowest BCUT2D eigenvalue weighted by Crippen LogP contribution is -2.52. The Morgan fingerprint density at radius 1 is 1.11 bits per heavy atom. The normalized spacial score (nSPS) is 14.4. The fraction of sp³-hybridized carbons (Fsp3) is 0.429. The Balaban J connectivity index is 0.00000280. The molecule has 2 aromatic rings. The van der Waals surface area contributed by atoms with Gasteiger partial charge in [-0.25, -0.2) is 4.98 Å². The number of methoxy groups -OCH3 is 1. The number of aromatic nitrogens is 1. The van der Waals surface area contributed by atoms with Gasteiger partial charge in [-0.1, -0.05) is 18.2 Å². The van der Waals surface area contributed by atoms with Crippen LogP contribution in [0.2, 0.25) is 0 Å². The van der Waals surface area contributed by atoms with Crippen molar-refractivity contribution < 1.29 is 4.74 Å². The molecule has 0 aliphatic carbocycles. The SMILES string of the molecule is CCNC(=NCCc1ccc(OC)cc1)N1CCN(c2ccccn2)CC1.I. The predicted octanol–water partition coefficient (Wildman–Crippen LogP) is 3.04. The van der Waals surface area contributed by atoms with Crippen LogP contribution >= 0.6 is 24.0 Å². The Bertz CT molecular complexity index is 715. The van der Waals surface area contributed by atoms with Crippen LogP contribution in [0, 0.1) is 0 Å². The van der Waals surface area contributed by atoms with E-state index in [0.29, 0.717) is 0 Å². The molecule has 7 heteroatoms. The predicted molar refractivity (Wildman–Crippen MR) is 126 cm³/mol. The lowest BCUT2D eigenvalue weighted by atomic mass is 10.1. The van der Waals surface area contributed by atoms with Crippen LogP contribution < -0.4 is 15.0 Å². The summed E-state index contributed by atoms with van der Waals surface area (Å²) in [5.74, 6) is 2.95. The zero-order chi connectivity index (χ0) is 18.9. The van der Waals surface area contributed by atoms with Gasteiger partial charge in [-0.15, -0.1) is 24.0 Å². The lowest BCUT2D eigenvalue weighted by Gasteiger charge is -2.37. The summed E-state index contributed by atoms with van der Waals surface area (Å²) in [7, 11) is 1.69. The van der Waals surface area contributed by atoms with Gasteiger partial charge in [0.1, 0.15) is 11.6 Å². The van der Waals surface area contributed by atoms with Gasteiger partial charge in [0.25, 0.3) is 0 Å². The van der Waals surface area contributed by atoms with E-state index in [1.54, 1.807) is 7.11 Å². The van der Waals surface area contributed by atoms with E-state index in [4.69, 9.17) is 9.73 Å². The van der Waals surface area contributed by atoms with E-state index in [1.807, 2.05) is 30.5 Å². The molecule has 0 spiro atoms. The first kappa shape index (κ1) is 22.3. The molecule has 1 aromatic heterocycles. The molecule has 0 amide bonds. The maximum absolute atomic E-state index is 5.21. The molecule has 1 N–H and O–H groups in total. The number of piperazine rings is 1. The number of pyridine rings is 1. The van der Waals surface area contributed by atoms with Gasteiger partial charge in [0.05, 0.1) is 7.11 Å². The molecule has 28 heavy (non-hydrogen) atoms. The van der Waals surface area contributed by atoms with Crippen LogP contribution in [0.5, 0.6) is 5.75 Å². The number of ether oxygens (including phenoxy) is 1. The quantitative estimate of drug-likeness (QED) is 0.380. The van der Waals surface area contributed by atoms with Crippen molar-refractivity contribution in [1.82, 2.24) is 15.2 Å². The largest absolute Gasteiger partial charge is 0.497 e. The summed E-state index contributed by atoms with van der Waals surface area (Å²) in [5.41, 5.74) is 1.27. The minimum Gasteiger partial charge on any atom is -0.497 e. The maximum atomic E-state index is 5.21. The lowest BCUT2D eigenvalue weighted by molar-refractivity contribution is 0.371. The van der Waals surface area contributed by atoms with E-state index in [1.165, 1.54) is 5.56 Å². The van der Waals surface area contributed by atoms with Gasteiger partial charge in [-0.05, 0) is 43.2 Å². The fourth-order valence-corrected chi connectivity index (χ4v) is 3.20. The minimum absolute atomic E-state index is 0. The minimum atomic E-state index is 0. The van der Waals surface area contributed by atoms with Crippen LogP contribution in [-0.2, 0) is 6.42 Å². The van der Waals surface area contributed by atoms with Crippen molar-refractivity contribution in [1.29, 1.82) is 0 Å². The Hall–Kier alpha value is -2.03. The molecule has 1 aromatic carbocycles. The molecule has 2 heterocycles. The van der Waals surface area contributed by atoms with Crippen molar-refractivity contribution in [3.8, 4) is 5.75 Å². The second-order valence-electron chi connectivity index (χ2n) is 6.50. The number of benzene rings is 1. The molecule has 152 valence electrons. The first-order chi connectivity index (χ1) is 13.3. The molecule has 0 saturated carbocycles. The molecular formula is C21H30IN5O. The smallest absolute Gasteiger partial charge is 0.194 e. The van der Waals surface area contributed by atoms with E-state index in [9.17, 15) is 0 Å². The summed E-state index contributed by atoms with van der Waals surface area (Å²) in [6.45, 7) is 7.58. The summed E-state index contributed by atoms with van der Waals surface area (Å²) in [6.07, 6.45) is 2.78. The van der Waals surface area contributed by atoms with Crippen molar-refractivity contribution in [2.24, 2.45) is 4.99 Å². The zero-order valence-electron chi connectivity index (χ0n) is 16.7. The Morgan fingerprint density at radius 3 is 2.46 bits per heavy atom. The third kappa shape index (κ3) is 6.25. The molecule has 0 unspecified atom stereocenters. The average molecular weight is 495 g/mol. The van der Waals surface area contributed by atoms with Crippen LogP contribution in [0.15, 0.2) is 53.7 Å². The summed E-state index contributed by atoms with van der Waals surface area (Å²) in [6, 6.07) is 14.3. The highest BCUT2D eigenvalue weighted by Gasteiger charge is 2.20. The number of rotatable bonds is 6. The molecule has 0 atom stereocenters. The standard InChI is InChI=1S/C21H29N5O.HI/c1-3-22-21(24-13-11-18-7-9-19(27-2)10-8-18)26-16-14-25(15-17-26)20-6-4-5-12-23-20;/h4-10,12H,3,11,13-17H2,1-2H3,(H,22,24);1H. The molecule has 0 radical (unpaired) electrons. The third-order valence-electron chi connectivity index (χ3n) is 4.71. The number of hydrogen-bond donors (Lipinski definition) is 1. The van der Waals surface area contributed by atoms with E-state index in [2.05, 4.69) is 45.2 Å².